The summed E-state index contributed by atoms with van der Waals surface area (Å²) in [6.45, 7) is 5.81. The molecule has 1 fully saturated rings. The van der Waals surface area contributed by atoms with Crippen molar-refractivity contribution in [3.05, 3.63) is 65.7 Å². The van der Waals surface area contributed by atoms with Crippen LogP contribution in [0.15, 0.2) is 54.6 Å². The maximum atomic E-state index is 12.5. The Kier molecular flexibility index (Phi) is 6.67. The molecule has 1 heterocycles. The molecule has 0 radical (unpaired) electrons. The lowest BCUT2D eigenvalue weighted by molar-refractivity contribution is -0.121. The zero-order valence-electron chi connectivity index (χ0n) is 15.5. The predicted molar refractivity (Wildman–Crippen MR) is 104 cm³/mol. The molecule has 1 saturated heterocycles. The number of likely N-dealkylation sites (tertiary alicyclic amines) is 1. The number of carbonyl (C=O) groups excluding carboxylic acids is 1. The van der Waals surface area contributed by atoms with Crippen LogP contribution in [-0.2, 0) is 17.8 Å². The largest absolute Gasteiger partial charge is 0.489 e. The summed E-state index contributed by atoms with van der Waals surface area (Å²) in [5.74, 6) is 0.856. The number of carbonyl (C=O) groups is 1. The second-order valence-electron chi connectivity index (χ2n) is 6.86. The van der Waals surface area contributed by atoms with Crippen molar-refractivity contribution < 1.29 is 9.53 Å². The lowest BCUT2D eigenvalue weighted by Crippen LogP contribution is -2.47. The van der Waals surface area contributed by atoms with E-state index < -0.39 is 0 Å². The zero-order chi connectivity index (χ0) is 18.2. The SMILES string of the molecule is CCN1CCC[C@@H](NC(=O)Cc2ccccc2OCc2ccccc2)C1. The van der Waals surface area contributed by atoms with Gasteiger partial charge >= 0.3 is 0 Å². The Labute approximate surface area is 156 Å². The van der Waals surface area contributed by atoms with E-state index in [0.717, 1.165) is 49.4 Å². The number of likely N-dealkylation sites (N-methyl/N-ethyl adjacent to an activating group) is 1. The van der Waals surface area contributed by atoms with Gasteiger partial charge in [0, 0.05) is 18.2 Å². The van der Waals surface area contributed by atoms with E-state index >= 15 is 0 Å². The summed E-state index contributed by atoms with van der Waals surface area (Å²) >= 11 is 0. The van der Waals surface area contributed by atoms with Gasteiger partial charge in [-0.3, -0.25) is 4.79 Å². The highest BCUT2D eigenvalue weighted by molar-refractivity contribution is 5.79. The predicted octanol–water partition coefficient (Wildman–Crippen LogP) is 3.41. The fraction of sp³-hybridized carbons (Fsp3) is 0.409. The molecule has 4 heteroatoms. The highest BCUT2D eigenvalue weighted by Crippen LogP contribution is 2.20. The molecule has 138 valence electrons. The lowest BCUT2D eigenvalue weighted by atomic mass is 10.0. The molecule has 2 aromatic carbocycles. The molecule has 0 bridgehead atoms. The van der Waals surface area contributed by atoms with E-state index in [-0.39, 0.29) is 11.9 Å². The Morgan fingerprint density at radius 3 is 2.73 bits per heavy atom. The van der Waals surface area contributed by atoms with Gasteiger partial charge in [-0.1, -0.05) is 55.5 Å². The second-order valence-corrected chi connectivity index (χ2v) is 6.86. The minimum Gasteiger partial charge on any atom is -0.489 e. The van der Waals surface area contributed by atoms with E-state index in [9.17, 15) is 4.79 Å². The van der Waals surface area contributed by atoms with Gasteiger partial charge in [-0.15, -0.1) is 0 Å². The van der Waals surface area contributed by atoms with Crippen LogP contribution < -0.4 is 10.1 Å². The number of nitrogens with zero attached hydrogens (tertiary/aromatic N) is 1. The molecule has 0 aromatic heterocycles. The molecule has 0 unspecified atom stereocenters. The first-order valence-electron chi connectivity index (χ1n) is 9.51. The van der Waals surface area contributed by atoms with E-state index in [1.54, 1.807) is 0 Å². The summed E-state index contributed by atoms with van der Waals surface area (Å²) in [4.78, 5) is 14.9. The van der Waals surface area contributed by atoms with Gasteiger partial charge in [-0.2, -0.15) is 0 Å². The zero-order valence-corrected chi connectivity index (χ0v) is 15.5. The van der Waals surface area contributed by atoms with Crippen molar-refractivity contribution >= 4 is 5.91 Å². The van der Waals surface area contributed by atoms with Crippen molar-refractivity contribution in [1.29, 1.82) is 0 Å². The molecule has 1 amide bonds. The van der Waals surface area contributed by atoms with Crippen LogP contribution in [0.3, 0.4) is 0 Å². The average molecular weight is 352 g/mol. The number of ether oxygens (including phenoxy) is 1. The number of hydrogen-bond acceptors (Lipinski definition) is 3. The van der Waals surface area contributed by atoms with E-state index in [4.69, 9.17) is 4.74 Å². The third-order valence-electron chi connectivity index (χ3n) is 4.88. The van der Waals surface area contributed by atoms with Crippen LogP contribution in [0.25, 0.3) is 0 Å². The van der Waals surface area contributed by atoms with Gasteiger partial charge in [0.1, 0.15) is 12.4 Å². The Morgan fingerprint density at radius 2 is 1.92 bits per heavy atom. The van der Waals surface area contributed by atoms with Gasteiger partial charge in [0.25, 0.3) is 0 Å². The lowest BCUT2D eigenvalue weighted by Gasteiger charge is -2.32. The van der Waals surface area contributed by atoms with Gasteiger partial charge in [0.15, 0.2) is 0 Å². The van der Waals surface area contributed by atoms with E-state index in [1.807, 2.05) is 54.6 Å². The van der Waals surface area contributed by atoms with Crippen molar-refractivity contribution in [1.82, 2.24) is 10.2 Å². The topological polar surface area (TPSA) is 41.6 Å². The van der Waals surface area contributed by atoms with Gasteiger partial charge in [-0.25, -0.2) is 0 Å². The Balaban J connectivity index is 1.56. The summed E-state index contributed by atoms with van der Waals surface area (Å²) in [7, 11) is 0. The molecule has 3 rings (SSSR count). The number of nitrogens with one attached hydrogen (secondary N) is 1. The smallest absolute Gasteiger partial charge is 0.224 e. The molecule has 2 aromatic rings. The summed E-state index contributed by atoms with van der Waals surface area (Å²) < 4.78 is 5.96. The monoisotopic (exact) mass is 352 g/mol. The maximum Gasteiger partial charge on any atom is 0.224 e. The molecular formula is C22H28N2O2. The van der Waals surface area contributed by atoms with Crippen LogP contribution in [0.1, 0.15) is 30.9 Å². The highest BCUT2D eigenvalue weighted by Gasteiger charge is 2.20. The van der Waals surface area contributed by atoms with Crippen LogP contribution in [0.4, 0.5) is 0 Å². The van der Waals surface area contributed by atoms with Crippen molar-refractivity contribution in [3.63, 3.8) is 0 Å². The minimum absolute atomic E-state index is 0.0729. The number of piperidine rings is 1. The minimum atomic E-state index is 0.0729. The number of benzene rings is 2. The molecule has 1 aliphatic rings. The molecule has 1 N–H and O–H groups in total. The first kappa shape index (κ1) is 18.5. The fourth-order valence-electron chi connectivity index (χ4n) is 3.44. The van der Waals surface area contributed by atoms with Gasteiger partial charge in [-0.05, 0) is 37.6 Å². The average Bonchev–Trinajstić information content (AvgIpc) is 2.68. The first-order chi connectivity index (χ1) is 12.7. The maximum absolute atomic E-state index is 12.5. The molecule has 1 aliphatic heterocycles. The van der Waals surface area contributed by atoms with Crippen LogP contribution >= 0.6 is 0 Å². The normalized spacial score (nSPS) is 17.7. The molecule has 0 aliphatic carbocycles. The number of amides is 1. The summed E-state index contributed by atoms with van der Waals surface area (Å²) in [5, 5.41) is 3.20. The molecule has 26 heavy (non-hydrogen) atoms. The third kappa shape index (κ3) is 5.33. The van der Waals surface area contributed by atoms with E-state index in [1.165, 1.54) is 0 Å². The van der Waals surface area contributed by atoms with Crippen molar-refractivity contribution in [2.45, 2.75) is 38.8 Å². The van der Waals surface area contributed by atoms with Crippen molar-refractivity contribution in [2.75, 3.05) is 19.6 Å². The highest BCUT2D eigenvalue weighted by atomic mass is 16.5. The molecule has 0 saturated carbocycles. The van der Waals surface area contributed by atoms with Crippen molar-refractivity contribution in [2.24, 2.45) is 0 Å². The summed E-state index contributed by atoms with van der Waals surface area (Å²) in [5.41, 5.74) is 2.05. The second kappa shape index (κ2) is 9.39. The Hall–Kier alpha value is -2.33. The summed E-state index contributed by atoms with van der Waals surface area (Å²) in [6, 6.07) is 18.1. The number of para-hydroxylation sites is 1. The van der Waals surface area contributed by atoms with E-state index in [0.29, 0.717) is 13.0 Å². The standard InChI is InChI=1S/C22H28N2O2/c1-2-24-14-8-12-20(16-24)23-22(25)15-19-11-6-7-13-21(19)26-17-18-9-4-3-5-10-18/h3-7,9-11,13,20H,2,8,12,14-17H2,1H3,(H,23,25)/t20-/m1/s1. The van der Waals surface area contributed by atoms with Crippen LogP contribution in [0, 0.1) is 0 Å². The van der Waals surface area contributed by atoms with Crippen LogP contribution in [0.5, 0.6) is 5.75 Å². The van der Waals surface area contributed by atoms with Crippen molar-refractivity contribution in [3.8, 4) is 5.75 Å². The Morgan fingerprint density at radius 1 is 1.15 bits per heavy atom. The fourth-order valence-corrected chi connectivity index (χ4v) is 3.44. The molecule has 4 nitrogen and oxygen atoms in total. The number of hydrogen-bond donors (Lipinski definition) is 1. The van der Waals surface area contributed by atoms with Crippen LogP contribution in [-0.4, -0.2) is 36.5 Å². The first-order valence-corrected chi connectivity index (χ1v) is 9.51. The quantitative estimate of drug-likeness (QED) is 0.830. The van der Waals surface area contributed by atoms with E-state index in [2.05, 4.69) is 17.1 Å². The number of rotatable bonds is 7. The molecular weight excluding hydrogens is 324 g/mol. The van der Waals surface area contributed by atoms with Crippen LogP contribution in [0.2, 0.25) is 0 Å². The van der Waals surface area contributed by atoms with Gasteiger partial charge in [0.05, 0.1) is 6.42 Å². The summed E-state index contributed by atoms with van der Waals surface area (Å²) in [6.07, 6.45) is 2.57. The van der Waals surface area contributed by atoms with Gasteiger partial charge in [0.2, 0.25) is 5.91 Å². The third-order valence-corrected chi connectivity index (χ3v) is 4.88. The Bertz CT molecular complexity index is 702. The molecule has 0 spiro atoms. The molecule has 1 atom stereocenters. The van der Waals surface area contributed by atoms with Gasteiger partial charge < -0.3 is 15.0 Å².